The van der Waals surface area contributed by atoms with Crippen molar-refractivity contribution >= 4 is 182 Å². The molecule has 0 spiro atoms. The summed E-state index contributed by atoms with van der Waals surface area (Å²) in [6, 6.07) is 45.7. The van der Waals surface area contributed by atoms with E-state index in [9.17, 15) is 0 Å². The molecular formula is C50H22B8O. The van der Waals surface area contributed by atoms with Crippen LogP contribution in [0.15, 0.2) is 138 Å². The van der Waals surface area contributed by atoms with Gasteiger partial charge in [-0.05, 0) is 112 Å². The Morgan fingerprint density at radius 1 is 0.288 bits per heavy atom. The van der Waals surface area contributed by atoms with Crippen molar-refractivity contribution in [3.8, 4) is 33.4 Å². The van der Waals surface area contributed by atoms with Gasteiger partial charge in [0.2, 0.25) is 0 Å². The molecule has 0 aliphatic carbocycles. The average Bonchev–Trinajstić information content (AvgIpc) is 3.66. The summed E-state index contributed by atoms with van der Waals surface area (Å²) < 4.78 is 6.49. The second-order valence-electron chi connectivity index (χ2n) is 15.3. The summed E-state index contributed by atoms with van der Waals surface area (Å²) in [5, 5.41) is 10.9. The standard InChI is InChI=1S/C50H22B8O/c51-42-38-36(28-9-5-8-25(21-28)26-15-17-31-27(20-26)13-12-23-6-1-3-10-30(23)31)39-41(45(54)49(58)47(56)43(39)52)37(40(38)44(53)48(57)46(42)55)29-16-19-35-34(22-29)33-18-14-24-7-2-4-11-32(24)50(33)59-35/h1-22H. The van der Waals surface area contributed by atoms with Crippen LogP contribution in [-0.4, -0.2) is 62.8 Å². The van der Waals surface area contributed by atoms with E-state index in [0.717, 1.165) is 60.4 Å². The lowest BCUT2D eigenvalue weighted by Gasteiger charge is -2.28. The number of furan rings is 1. The smallest absolute Gasteiger partial charge is 0.143 e. The number of rotatable bonds is 3. The molecule has 1 nitrogen and oxygen atoms in total. The zero-order valence-electron chi connectivity index (χ0n) is 31.7. The van der Waals surface area contributed by atoms with E-state index in [2.05, 4.69) is 97.1 Å². The van der Waals surface area contributed by atoms with Gasteiger partial charge in [-0.15, -0.1) is 21.9 Å². The second kappa shape index (κ2) is 13.2. The Bertz CT molecular complexity index is 3580. The fraction of sp³-hybridized carbons (Fsp3) is 0. The molecule has 59 heavy (non-hydrogen) atoms. The molecule has 11 rings (SSSR count). The highest BCUT2D eigenvalue weighted by molar-refractivity contribution is 6.71. The number of hydrogen-bond donors (Lipinski definition) is 0. The van der Waals surface area contributed by atoms with Gasteiger partial charge in [0, 0.05) is 16.2 Å². The summed E-state index contributed by atoms with van der Waals surface area (Å²) in [4.78, 5) is 0. The van der Waals surface area contributed by atoms with Crippen molar-refractivity contribution in [2.24, 2.45) is 0 Å². The van der Waals surface area contributed by atoms with E-state index in [-0.39, 0.29) is 43.7 Å². The van der Waals surface area contributed by atoms with Crippen LogP contribution in [0.2, 0.25) is 0 Å². The van der Waals surface area contributed by atoms with Crippen LogP contribution in [0.4, 0.5) is 0 Å². The van der Waals surface area contributed by atoms with Crippen LogP contribution in [-0.2, 0) is 0 Å². The van der Waals surface area contributed by atoms with Gasteiger partial charge >= 0.3 is 0 Å². The number of hydrogen-bond acceptors (Lipinski definition) is 1. The fourth-order valence-electron chi connectivity index (χ4n) is 9.23. The van der Waals surface area contributed by atoms with E-state index in [0.29, 0.717) is 32.7 Å². The van der Waals surface area contributed by atoms with Gasteiger partial charge in [-0.2, -0.15) is 0 Å². The van der Waals surface area contributed by atoms with E-state index in [1.54, 1.807) is 0 Å². The third-order valence-corrected chi connectivity index (χ3v) is 12.2. The monoisotopic (exact) mass is 726 g/mol. The number of fused-ring (bicyclic) bond motifs is 10. The van der Waals surface area contributed by atoms with Crippen molar-refractivity contribution in [2.45, 2.75) is 0 Å². The molecule has 0 amide bonds. The van der Waals surface area contributed by atoms with Gasteiger partial charge < -0.3 is 4.42 Å². The van der Waals surface area contributed by atoms with Gasteiger partial charge in [-0.1, -0.05) is 125 Å². The minimum Gasteiger partial charge on any atom is -0.455 e. The van der Waals surface area contributed by atoms with Crippen molar-refractivity contribution in [1.29, 1.82) is 0 Å². The van der Waals surface area contributed by atoms with E-state index in [4.69, 9.17) is 67.2 Å². The molecule has 16 radical (unpaired) electrons. The Morgan fingerprint density at radius 3 is 1.39 bits per heavy atom. The molecule has 0 aliphatic heterocycles. The highest BCUT2D eigenvalue weighted by Crippen LogP contribution is 2.44. The molecule has 9 heteroatoms. The summed E-state index contributed by atoms with van der Waals surface area (Å²) >= 11 is 0. The predicted molar refractivity (Wildman–Crippen MR) is 261 cm³/mol. The maximum absolute atomic E-state index is 7.07. The largest absolute Gasteiger partial charge is 0.455 e. The Hall–Kier alpha value is -6.18. The van der Waals surface area contributed by atoms with E-state index in [1.807, 2.05) is 36.4 Å². The molecule has 1 heterocycles. The fourth-order valence-corrected chi connectivity index (χ4v) is 9.23. The third kappa shape index (κ3) is 5.16. The van der Waals surface area contributed by atoms with E-state index in [1.165, 1.54) is 16.2 Å². The Balaban J connectivity index is 1.24. The molecule has 10 aromatic carbocycles. The molecule has 0 N–H and O–H groups in total. The zero-order chi connectivity index (χ0) is 40.4. The minimum absolute atomic E-state index is 0.162. The summed E-state index contributed by atoms with van der Waals surface area (Å²) in [7, 11) is 55.0. The van der Waals surface area contributed by atoms with Gasteiger partial charge in [-0.3, -0.25) is 0 Å². The first kappa shape index (κ1) is 35.9. The molecule has 0 bridgehead atoms. The first-order valence-corrected chi connectivity index (χ1v) is 19.2. The van der Waals surface area contributed by atoms with Crippen molar-refractivity contribution in [3.63, 3.8) is 0 Å². The SMILES string of the molecule is [B]c1c([B])c([B])c2c(-c3ccc4oc5c6ccccc6ccc5c4c3)c3c([B])c([B])c([B])c([B])c3c(-c3cccc(-c4ccc5c(ccc6ccccc65)c4)c3)c2c1[B]. The summed E-state index contributed by atoms with van der Waals surface area (Å²) in [5.74, 6) is 0. The highest BCUT2D eigenvalue weighted by Gasteiger charge is 2.25. The van der Waals surface area contributed by atoms with Gasteiger partial charge in [-0.25, -0.2) is 0 Å². The molecular weight excluding hydrogens is 703 g/mol. The van der Waals surface area contributed by atoms with E-state index < -0.39 is 0 Å². The Kier molecular flexibility index (Phi) is 8.02. The summed E-state index contributed by atoms with van der Waals surface area (Å²) in [6.07, 6.45) is 0. The molecule has 0 saturated heterocycles. The molecule has 1 aromatic heterocycles. The summed E-state index contributed by atoms with van der Waals surface area (Å²) in [6.45, 7) is 0. The second-order valence-corrected chi connectivity index (χ2v) is 15.3. The number of benzene rings is 10. The maximum atomic E-state index is 7.07. The first-order valence-electron chi connectivity index (χ1n) is 19.2. The first-order chi connectivity index (χ1) is 28.6. The normalized spacial score (nSPS) is 11.9. The van der Waals surface area contributed by atoms with E-state index >= 15 is 0 Å². The molecule has 0 fully saturated rings. The molecule has 0 atom stereocenters. The van der Waals surface area contributed by atoms with Crippen LogP contribution in [0.1, 0.15) is 0 Å². The molecule has 252 valence electrons. The van der Waals surface area contributed by atoms with Crippen LogP contribution in [0, 0.1) is 0 Å². The van der Waals surface area contributed by atoms with Crippen LogP contribution >= 0.6 is 0 Å². The maximum Gasteiger partial charge on any atom is 0.143 e. The average molecular weight is 725 g/mol. The van der Waals surface area contributed by atoms with Gasteiger partial charge in [0.25, 0.3) is 0 Å². The lowest BCUT2D eigenvalue weighted by Crippen LogP contribution is -2.50. The van der Waals surface area contributed by atoms with Crippen LogP contribution < -0.4 is 43.7 Å². The predicted octanol–water partition coefficient (Wildman–Crippen LogP) is 4.70. The van der Waals surface area contributed by atoms with Crippen LogP contribution in [0.3, 0.4) is 0 Å². The van der Waals surface area contributed by atoms with Crippen LogP contribution in [0.25, 0.3) is 109 Å². The van der Waals surface area contributed by atoms with Crippen molar-refractivity contribution < 1.29 is 4.42 Å². The van der Waals surface area contributed by atoms with Crippen LogP contribution in [0.5, 0.6) is 0 Å². The molecule has 0 saturated carbocycles. The lowest BCUT2D eigenvalue weighted by atomic mass is 9.59. The molecule has 0 unspecified atom stereocenters. The minimum atomic E-state index is 0.162. The zero-order valence-corrected chi connectivity index (χ0v) is 31.7. The lowest BCUT2D eigenvalue weighted by molar-refractivity contribution is 0.672. The molecule has 0 aliphatic rings. The van der Waals surface area contributed by atoms with Crippen molar-refractivity contribution in [1.82, 2.24) is 0 Å². The van der Waals surface area contributed by atoms with Crippen molar-refractivity contribution in [2.75, 3.05) is 0 Å². The van der Waals surface area contributed by atoms with Gasteiger partial charge in [0.15, 0.2) is 0 Å². The van der Waals surface area contributed by atoms with Gasteiger partial charge in [0.05, 0.1) is 0 Å². The molecule has 11 aromatic rings. The van der Waals surface area contributed by atoms with Gasteiger partial charge in [0.1, 0.15) is 73.9 Å². The topological polar surface area (TPSA) is 13.1 Å². The Morgan fingerprint density at radius 2 is 0.746 bits per heavy atom. The Labute approximate surface area is 351 Å². The quantitative estimate of drug-likeness (QED) is 0.146. The summed E-state index contributed by atoms with van der Waals surface area (Å²) in [5.41, 5.74) is 8.01. The highest BCUT2D eigenvalue weighted by atomic mass is 16.3. The third-order valence-electron chi connectivity index (χ3n) is 12.2. The van der Waals surface area contributed by atoms with Crippen molar-refractivity contribution in [3.05, 3.63) is 133 Å².